The summed E-state index contributed by atoms with van der Waals surface area (Å²) in [6.45, 7) is 10.9. The van der Waals surface area contributed by atoms with E-state index >= 15 is 0 Å². The lowest BCUT2D eigenvalue weighted by molar-refractivity contribution is 0.304. The molecule has 0 spiro atoms. The van der Waals surface area contributed by atoms with Crippen molar-refractivity contribution in [2.75, 3.05) is 6.54 Å². The molecule has 0 bridgehead atoms. The number of furan rings is 1. The van der Waals surface area contributed by atoms with E-state index in [-0.39, 0.29) is 17.3 Å². The lowest BCUT2D eigenvalue weighted by atomic mass is 9.86. The van der Waals surface area contributed by atoms with Crippen LogP contribution in [0.5, 0.6) is 0 Å². The molecule has 0 amide bonds. The third-order valence-electron chi connectivity index (χ3n) is 3.78. The minimum absolute atomic E-state index is 0.263. The van der Waals surface area contributed by atoms with Crippen molar-refractivity contribution in [2.24, 2.45) is 16.3 Å². The number of hydrogen-bond acceptors (Lipinski definition) is 4. The molecule has 1 aromatic rings. The van der Waals surface area contributed by atoms with Crippen molar-refractivity contribution in [1.29, 1.82) is 0 Å². The summed E-state index contributed by atoms with van der Waals surface area (Å²) in [4.78, 5) is 0. The molecule has 5 heteroatoms. The molecule has 1 unspecified atom stereocenters. The van der Waals surface area contributed by atoms with Gasteiger partial charge >= 0.3 is 0 Å². The molecule has 20 heavy (non-hydrogen) atoms. The number of nitrogens with one attached hydrogen (secondary N) is 1. The zero-order chi connectivity index (χ0) is 15.3. The summed E-state index contributed by atoms with van der Waals surface area (Å²) in [5.41, 5.74) is 6.60. The number of oxime groups is 1. The molecule has 0 aromatic carbocycles. The Morgan fingerprint density at radius 2 is 2.15 bits per heavy atom. The summed E-state index contributed by atoms with van der Waals surface area (Å²) in [5, 5.41) is 15.3. The van der Waals surface area contributed by atoms with Gasteiger partial charge in [-0.2, -0.15) is 0 Å². The van der Waals surface area contributed by atoms with Gasteiger partial charge in [0.15, 0.2) is 0 Å². The van der Waals surface area contributed by atoms with Crippen molar-refractivity contribution < 1.29 is 9.62 Å². The highest BCUT2D eigenvalue weighted by molar-refractivity contribution is 5.85. The second-order valence-corrected chi connectivity index (χ2v) is 6.02. The van der Waals surface area contributed by atoms with Crippen LogP contribution in [-0.2, 0) is 0 Å². The zero-order valence-corrected chi connectivity index (χ0v) is 13.2. The van der Waals surface area contributed by atoms with Crippen LogP contribution in [0.3, 0.4) is 0 Å². The van der Waals surface area contributed by atoms with Crippen LogP contribution in [0.1, 0.15) is 56.7 Å². The van der Waals surface area contributed by atoms with Crippen molar-refractivity contribution in [3.05, 3.63) is 23.2 Å². The van der Waals surface area contributed by atoms with E-state index in [1.807, 2.05) is 27.7 Å². The van der Waals surface area contributed by atoms with E-state index in [0.29, 0.717) is 0 Å². The van der Waals surface area contributed by atoms with Crippen molar-refractivity contribution in [3.8, 4) is 0 Å². The highest BCUT2D eigenvalue weighted by atomic mass is 16.4. The van der Waals surface area contributed by atoms with Crippen molar-refractivity contribution in [3.63, 3.8) is 0 Å². The van der Waals surface area contributed by atoms with Crippen molar-refractivity contribution in [2.45, 2.75) is 53.5 Å². The van der Waals surface area contributed by atoms with Gasteiger partial charge in [0.1, 0.15) is 17.4 Å². The first-order valence-electron chi connectivity index (χ1n) is 7.06. The molecule has 1 aromatic heterocycles. The lowest BCUT2D eigenvalue weighted by Gasteiger charge is -2.23. The highest BCUT2D eigenvalue weighted by Crippen LogP contribution is 2.23. The van der Waals surface area contributed by atoms with Crippen LogP contribution in [0.4, 0.5) is 0 Å². The van der Waals surface area contributed by atoms with Crippen LogP contribution in [0.2, 0.25) is 0 Å². The molecule has 0 fully saturated rings. The van der Waals surface area contributed by atoms with Crippen LogP contribution in [-0.4, -0.2) is 17.6 Å². The summed E-state index contributed by atoms with van der Waals surface area (Å²) >= 11 is 0. The summed E-state index contributed by atoms with van der Waals surface area (Å²) < 4.78 is 5.54. The van der Waals surface area contributed by atoms with Gasteiger partial charge in [-0.15, -0.1) is 0 Å². The molecule has 0 aliphatic heterocycles. The van der Waals surface area contributed by atoms with Crippen LogP contribution in [0, 0.1) is 19.3 Å². The molecule has 0 saturated carbocycles. The Kier molecular flexibility index (Phi) is 5.62. The van der Waals surface area contributed by atoms with E-state index in [0.717, 1.165) is 30.9 Å². The molecular weight excluding hydrogens is 254 g/mol. The molecule has 5 nitrogen and oxygen atoms in total. The number of hydrogen-bond donors (Lipinski definition) is 3. The van der Waals surface area contributed by atoms with Gasteiger partial charge in [0.25, 0.3) is 0 Å². The summed E-state index contributed by atoms with van der Waals surface area (Å²) in [5.74, 6) is 2.20. The Morgan fingerprint density at radius 3 is 2.65 bits per heavy atom. The van der Waals surface area contributed by atoms with Crippen molar-refractivity contribution >= 4 is 5.84 Å². The van der Waals surface area contributed by atoms with Gasteiger partial charge in [0.2, 0.25) is 0 Å². The van der Waals surface area contributed by atoms with E-state index in [1.54, 1.807) is 0 Å². The Morgan fingerprint density at radius 1 is 1.50 bits per heavy atom. The molecule has 0 radical (unpaired) electrons. The summed E-state index contributed by atoms with van der Waals surface area (Å²) in [7, 11) is 0. The normalized spacial score (nSPS) is 14.6. The van der Waals surface area contributed by atoms with Gasteiger partial charge in [-0.25, -0.2) is 0 Å². The fourth-order valence-electron chi connectivity index (χ4n) is 2.30. The van der Waals surface area contributed by atoms with E-state index in [9.17, 15) is 0 Å². The number of aryl methyl sites for hydroxylation is 2. The fraction of sp³-hybridized carbons (Fsp3) is 0.667. The van der Waals surface area contributed by atoms with E-state index in [1.165, 1.54) is 5.56 Å². The Balaban J connectivity index is 2.40. The predicted molar refractivity (Wildman–Crippen MR) is 81.0 cm³/mol. The van der Waals surface area contributed by atoms with Gasteiger partial charge < -0.3 is 20.7 Å². The second kappa shape index (κ2) is 6.79. The first-order chi connectivity index (χ1) is 9.27. The maximum absolute atomic E-state index is 8.73. The number of amidine groups is 1. The Bertz CT molecular complexity index is 464. The largest absolute Gasteiger partial charge is 0.466 e. The standard InChI is InChI=1S/C15H27N3O2/c1-10-9-13(12(3)20-10)11(2)17-8-6-7-15(4,5)14(16)18-19/h9,11,17,19H,6-8H2,1-5H3,(H2,16,18). The van der Waals surface area contributed by atoms with E-state index in [2.05, 4.69) is 23.5 Å². The van der Waals surface area contributed by atoms with Gasteiger partial charge in [-0.05, 0) is 46.2 Å². The minimum Gasteiger partial charge on any atom is -0.466 e. The van der Waals surface area contributed by atoms with Gasteiger partial charge in [0, 0.05) is 17.0 Å². The van der Waals surface area contributed by atoms with Crippen molar-refractivity contribution in [1.82, 2.24) is 5.32 Å². The second-order valence-electron chi connectivity index (χ2n) is 6.02. The quantitative estimate of drug-likeness (QED) is 0.236. The molecule has 1 atom stereocenters. The molecule has 114 valence electrons. The molecule has 0 saturated heterocycles. The lowest BCUT2D eigenvalue weighted by Crippen LogP contribution is -2.32. The number of nitrogens with two attached hydrogens (primary N) is 1. The van der Waals surface area contributed by atoms with Gasteiger partial charge in [-0.1, -0.05) is 19.0 Å². The first kappa shape index (κ1) is 16.6. The van der Waals surface area contributed by atoms with Crippen LogP contribution >= 0.6 is 0 Å². The Labute approximate surface area is 121 Å². The van der Waals surface area contributed by atoms with Crippen LogP contribution in [0.25, 0.3) is 0 Å². The third kappa shape index (κ3) is 4.27. The third-order valence-corrected chi connectivity index (χ3v) is 3.78. The smallest absolute Gasteiger partial charge is 0.144 e. The fourth-order valence-corrected chi connectivity index (χ4v) is 2.30. The van der Waals surface area contributed by atoms with E-state index < -0.39 is 0 Å². The highest BCUT2D eigenvalue weighted by Gasteiger charge is 2.23. The molecule has 4 N–H and O–H groups in total. The van der Waals surface area contributed by atoms with Crippen LogP contribution < -0.4 is 11.1 Å². The average Bonchev–Trinajstić information content (AvgIpc) is 2.72. The maximum Gasteiger partial charge on any atom is 0.144 e. The molecule has 1 heterocycles. The Hall–Kier alpha value is -1.49. The molecule has 1 rings (SSSR count). The molecular formula is C15H27N3O2. The maximum atomic E-state index is 8.73. The average molecular weight is 281 g/mol. The van der Waals surface area contributed by atoms with Crippen LogP contribution in [0.15, 0.2) is 15.6 Å². The zero-order valence-electron chi connectivity index (χ0n) is 13.2. The summed E-state index contributed by atoms with van der Waals surface area (Å²) in [6.07, 6.45) is 1.83. The number of rotatable bonds is 7. The first-order valence-corrected chi connectivity index (χ1v) is 7.06. The van der Waals surface area contributed by atoms with Gasteiger partial charge in [0.05, 0.1) is 0 Å². The topological polar surface area (TPSA) is 83.8 Å². The minimum atomic E-state index is -0.276. The van der Waals surface area contributed by atoms with Gasteiger partial charge in [-0.3, -0.25) is 0 Å². The molecule has 0 aliphatic rings. The summed E-state index contributed by atoms with van der Waals surface area (Å²) in [6, 6.07) is 2.34. The molecule has 0 aliphatic carbocycles. The monoisotopic (exact) mass is 281 g/mol. The van der Waals surface area contributed by atoms with E-state index in [4.69, 9.17) is 15.4 Å². The number of nitrogens with zero attached hydrogens (tertiary/aromatic N) is 1. The predicted octanol–water partition coefficient (Wildman–Crippen LogP) is 3.10. The SMILES string of the molecule is Cc1cc(C(C)NCCCC(C)(C)C(N)=NO)c(C)o1.